The van der Waals surface area contributed by atoms with Crippen LogP contribution in [0.1, 0.15) is 61.6 Å². The number of rotatable bonds is 7. The highest BCUT2D eigenvalue weighted by Crippen LogP contribution is 2.28. The average molecular weight is 660 g/mol. The summed E-state index contributed by atoms with van der Waals surface area (Å²) in [5.74, 6) is -0.682. The lowest BCUT2D eigenvalue weighted by Crippen LogP contribution is -2.55. The topological polar surface area (TPSA) is 143 Å². The Kier molecular flexibility index (Phi) is 9.40. The minimum atomic E-state index is -0.860. The molecule has 3 aromatic rings. The number of carbonyl (C=O) groups excluding carboxylic acids is 3. The van der Waals surface area contributed by atoms with Gasteiger partial charge in [-0.1, -0.05) is 30.7 Å². The van der Waals surface area contributed by atoms with E-state index in [1.54, 1.807) is 11.1 Å². The number of aromatic nitrogens is 1. The third-order valence-corrected chi connectivity index (χ3v) is 10.4. The molecule has 4 amide bonds. The van der Waals surface area contributed by atoms with Crippen molar-refractivity contribution in [3.63, 3.8) is 0 Å². The van der Waals surface area contributed by atoms with Crippen LogP contribution < -0.4 is 16.4 Å². The lowest BCUT2D eigenvalue weighted by molar-refractivity contribution is -0.137. The summed E-state index contributed by atoms with van der Waals surface area (Å²) in [6.45, 7) is 6.88. The molecule has 0 bridgehead atoms. The number of hydrogen-bond donors (Lipinski definition) is 3. The molecule has 0 saturated carbocycles. The lowest BCUT2D eigenvalue weighted by Gasteiger charge is -2.41. The van der Waals surface area contributed by atoms with Gasteiger partial charge in [0.05, 0.1) is 5.52 Å². The predicted molar refractivity (Wildman–Crippen MR) is 179 cm³/mol. The Morgan fingerprint density at radius 1 is 0.958 bits per heavy atom. The summed E-state index contributed by atoms with van der Waals surface area (Å²) in [5.41, 5.74) is 4.55. The number of para-hydroxylation sites is 1. The number of hydroxylamine groups is 2. The number of nitrogens with one attached hydrogen (secondary N) is 3. The number of anilines is 1. The van der Waals surface area contributed by atoms with E-state index in [4.69, 9.17) is 9.25 Å². The van der Waals surface area contributed by atoms with Crippen LogP contribution in [0.15, 0.2) is 45.6 Å². The van der Waals surface area contributed by atoms with E-state index in [1.165, 1.54) is 19.3 Å². The van der Waals surface area contributed by atoms with E-state index in [1.807, 2.05) is 47.1 Å². The SMILES string of the molecule is Cc1cc(CC(NC(=O)ON2CCC(N3Cc4ccccc4NC3=O)CC2)C(=O)N2CCC(N3CCCCC3)CC2)cc2oc(=O)[nH]c12. The molecule has 0 spiro atoms. The van der Waals surface area contributed by atoms with E-state index < -0.39 is 17.9 Å². The third-order valence-electron chi connectivity index (χ3n) is 10.4. The minimum Gasteiger partial charge on any atom is -0.408 e. The maximum Gasteiger partial charge on any atom is 0.426 e. The molecular weight excluding hydrogens is 614 g/mol. The molecule has 4 aliphatic heterocycles. The normalized spacial score (nSPS) is 20.7. The molecule has 3 fully saturated rings. The van der Waals surface area contributed by atoms with Gasteiger partial charge in [-0.2, -0.15) is 0 Å². The molecule has 2 aromatic carbocycles. The number of amides is 4. The summed E-state index contributed by atoms with van der Waals surface area (Å²) in [6.07, 6.45) is 6.42. The lowest BCUT2D eigenvalue weighted by atomic mass is 9.98. The molecule has 4 aliphatic rings. The molecule has 0 aliphatic carbocycles. The van der Waals surface area contributed by atoms with Crippen LogP contribution in [-0.2, 0) is 22.6 Å². The molecule has 48 heavy (non-hydrogen) atoms. The van der Waals surface area contributed by atoms with Gasteiger partial charge in [0, 0.05) is 56.9 Å². The van der Waals surface area contributed by atoms with E-state index >= 15 is 0 Å². The second-order valence-electron chi connectivity index (χ2n) is 13.6. The predicted octanol–water partition coefficient (Wildman–Crippen LogP) is 3.97. The van der Waals surface area contributed by atoms with Crippen molar-refractivity contribution in [2.45, 2.75) is 83.0 Å². The number of oxazole rings is 1. The molecular formula is C35H45N7O6. The van der Waals surface area contributed by atoms with E-state index in [0.717, 1.165) is 48.3 Å². The number of fused-ring (bicyclic) bond motifs is 2. The van der Waals surface area contributed by atoms with Crippen LogP contribution in [0.2, 0.25) is 0 Å². The van der Waals surface area contributed by atoms with Gasteiger partial charge in [0.2, 0.25) is 5.91 Å². The highest BCUT2D eigenvalue weighted by atomic mass is 16.7. The molecule has 7 rings (SSSR count). The molecule has 1 atom stereocenters. The molecule has 3 N–H and O–H groups in total. The average Bonchev–Trinajstić information content (AvgIpc) is 3.49. The maximum atomic E-state index is 14.0. The Hall–Kier alpha value is -4.36. The first-order chi connectivity index (χ1) is 23.3. The summed E-state index contributed by atoms with van der Waals surface area (Å²) >= 11 is 0. The number of carbonyl (C=O) groups is 3. The minimum absolute atomic E-state index is 0.0232. The number of benzene rings is 2. The van der Waals surface area contributed by atoms with Crippen molar-refractivity contribution in [2.75, 3.05) is 44.6 Å². The Labute approximate surface area is 279 Å². The van der Waals surface area contributed by atoms with Crippen LogP contribution in [0.3, 0.4) is 0 Å². The summed E-state index contributed by atoms with van der Waals surface area (Å²) in [7, 11) is 0. The maximum absolute atomic E-state index is 14.0. The smallest absolute Gasteiger partial charge is 0.408 e. The molecule has 1 unspecified atom stereocenters. The van der Waals surface area contributed by atoms with Crippen LogP contribution in [0.4, 0.5) is 15.3 Å². The first kappa shape index (κ1) is 32.2. The van der Waals surface area contributed by atoms with Crippen LogP contribution in [0, 0.1) is 6.92 Å². The number of aromatic amines is 1. The summed E-state index contributed by atoms with van der Waals surface area (Å²) in [5, 5.41) is 7.46. The van der Waals surface area contributed by atoms with Gasteiger partial charge in [-0.25, -0.2) is 14.4 Å². The zero-order chi connectivity index (χ0) is 33.2. The first-order valence-corrected chi connectivity index (χ1v) is 17.3. The fraction of sp³-hybridized carbons (Fsp3) is 0.543. The molecule has 0 radical (unpaired) electrons. The fourth-order valence-electron chi connectivity index (χ4n) is 7.85. The Morgan fingerprint density at radius 2 is 1.69 bits per heavy atom. The first-order valence-electron chi connectivity index (χ1n) is 17.3. The van der Waals surface area contributed by atoms with E-state index in [0.29, 0.717) is 62.7 Å². The standard InChI is InChI=1S/C35H45N7O6/c1-23-19-24(21-30-31(23)38-34(45)47-30)20-29(32(43)40-15-9-26(10-16-40)39-13-5-2-6-14-39)37-35(46)48-41-17-11-27(12-18-41)42-22-25-7-3-4-8-28(25)36-33(42)44/h3-4,7-8,19,21,26-27,29H,2,5-6,9-18,20,22H2,1H3,(H,36,44)(H,37,46)(H,38,45). The van der Waals surface area contributed by atoms with Gasteiger partial charge in [-0.15, -0.1) is 5.06 Å². The van der Waals surface area contributed by atoms with Gasteiger partial charge >= 0.3 is 17.9 Å². The van der Waals surface area contributed by atoms with Gasteiger partial charge in [-0.3, -0.25) is 9.78 Å². The molecule has 13 heteroatoms. The quantitative estimate of drug-likeness (QED) is 0.346. The van der Waals surface area contributed by atoms with Gasteiger partial charge in [-0.05, 0) is 87.4 Å². The molecule has 5 heterocycles. The van der Waals surface area contributed by atoms with Gasteiger partial charge in [0.1, 0.15) is 6.04 Å². The number of nitrogens with zero attached hydrogens (tertiary/aromatic N) is 4. The Morgan fingerprint density at radius 3 is 2.46 bits per heavy atom. The zero-order valence-corrected chi connectivity index (χ0v) is 27.5. The second-order valence-corrected chi connectivity index (χ2v) is 13.6. The largest absolute Gasteiger partial charge is 0.426 e. The number of hydrogen-bond acceptors (Lipinski definition) is 8. The van der Waals surface area contributed by atoms with Crippen LogP contribution in [0.5, 0.6) is 0 Å². The van der Waals surface area contributed by atoms with Crippen molar-refractivity contribution < 1.29 is 23.6 Å². The highest BCUT2D eigenvalue weighted by molar-refractivity contribution is 5.92. The van der Waals surface area contributed by atoms with Crippen molar-refractivity contribution in [1.29, 1.82) is 0 Å². The number of urea groups is 1. The number of aryl methyl sites for hydroxylation is 1. The Bertz CT molecular complexity index is 1700. The van der Waals surface area contributed by atoms with Gasteiger partial charge in [0.25, 0.3) is 0 Å². The van der Waals surface area contributed by atoms with Crippen molar-refractivity contribution >= 4 is 34.8 Å². The van der Waals surface area contributed by atoms with Crippen LogP contribution >= 0.6 is 0 Å². The van der Waals surface area contributed by atoms with Gasteiger partial charge in [0.15, 0.2) is 5.58 Å². The third kappa shape index (κ3) is 7.07. The van der Waals surface area contributed by atoms with E-state index in [-0.39, 0.29) is 24.4 Å². The van der Waals surface area contributed by atoms with Crippen molar-refractivity contribution in [1.82, 2.24) is 30.1 Å². The Balaban J connectivity index is 0.986. The molecule has 256 valence electrons. The van der Waals surface area contributed by atoms with E-state index in [2.05, 4.69) is 20.5 Å². The van der Waals surface area contributed by atoms with Crippen LogP contribution in [-0.4, -0.2) is 100 Å². The van der Waals surface area contributed by atoms with Crippen molar-refractivity contribution in [3.05, 3.63) is 63.6 Å². The summed E-state index contributed by atoms with van der Waals surface area (Å²) in [6, 6.07) is 11.0. The molecule has 1 aromatic heterocycles. The molecule has 3 saturated heterocycles. The van der Waals surface area contributed by atoms with Crippen LogP contribution in [0.25, 0.3) is 11.1 Å². The zero-order valence-electron chi connectivity index (χ0n) is 27.5. The monoisotopic (exact) mass is 659 g/mol. The number of piperidine rings is 3. The summed E-state index contributed by atoms with van der Waals surface area (Å²) < 4.78 is 5.32. The molecule has 13 nitrogen and oxygen atoms in total. The second kappa shape index (κ2) is 14.0. The fourth-order valence-corrected chi connectivity index (χ4v) is 7.85. The van der Waals surface area contributed by atoms with Crippen molar-refractivity contribution in [2.24, 2.45) is 0 Å². The highest BCUT2D eigenvalue weighted by Gasteiger charge is 2.35. The van der Waals surface area contributed by atoms with Gasteiger partial charge < -0.3 is 34.6 Å². The van der Waals surface area contributed by atoms with E-state index in [9.17, 15) is 19.2 Å². The van der Waals surface area contributed by atoms with Crippen molar-refractivity contribution in [3.8, 4) is 0 Å². The summed E-state index contributed by atoms with van der Waals surface area (Å²) in [4.78, 5) is 66.7. The number of H-pyrrole nitrogens is 1. The number of likely N-dealkylation sites (tertiary alicyclic amines) is 2.